The molecule has 0 radical (unpaired) electrons. The van der Waals surface area contributed by atoms with E-state index in [1.807, 2.05) is 29.0 Å². The molecule has 0 bridgehead atoms. The van der Waals surface area contributed by atoms with Crippen molar-refractivity contribution in [1.29, 1.82) is 0 Å². The molecule has 4 rings (SSSR count). The first-order valence-electron chi connectivity index (χ1n) is 8.55. The van der Waals surface area contributed by atoms with Gasteiger partial charge in [0.1, 0.15) is 5.57 Å². The van der Waals surface area contributed by atoms with Crippen molar-refractivity contribution >= 4 is 64.1 Å². The zero-order valence-electron chi connectivity index (χ0n) is 14.8. The molecule has 29 heavy (non-hydrogen) atoms. The molecule has 0 atom stereocenters. The highest BCUT2D eigenvalue weighted by atomic mass is 35.5. The Balaban J connectivity index is 1.76. The summed E-state index contributed by atoms with van der Waals surface area (Å²) in [4.78, 5) is 26.9. The van der Waals surface area contributed by atoms with Gasteiger partial charge >= 0.3 is 0 Å². The quantitative estimate of drug-likeness (QED) is 0.366. The van der Waals surface area contributed by atoms with E-state index in [1.54, 1.807) is 42.5 Å². The van der Waals surface area contributed by atoms with Crippen molar-refractivity contribution < 1.29 is 9.59 Å². The Labute approximate surface area is 182 Å². The Morgan fingerprint density at radius 1 is 0.931 bits per heavy atom. The first kappa shape index (κ1) is 19.4. The fourth-order valence-electron chi connectivity index (χ4n) is 3.01. The first-order chi connectivity index (χ1) is 14.0. The molecule has 2 aromatic carbocycles. The molecular formula is C21H13Cl2N3O2S. The topological polar surface area (TPSA) is 54.3 Å². The van der Waals surface area contributed by atoms with Gasteiger partial charge in [0.05, 0.1) is 10.7 Å². The van der Waals surface area contributed by atoms with E-state index in [0.29, 0.717) is 21.4 Å². The molecular weight excluding hydrogens is 429 g/mol. The summed E-state index contributed by atoms with van der Waals surface area (Å²) in [6.45, 7) is 0. The van der Waals surface area contributed by atoms with E-state index >= 15 is 0 Å². The molecule has 1 fully saturated rings. The van der Waals surface area contributed by atoms with Crippen molar-refractivity contribution in [3.05, 3.63) is 88.2 Å². The molecule has 0 spiro atoms. The number of nitrogens with zero attached hydrogens (tertiary/aromatic N) is 2. The summed E-state index contributed by atoms with van der Waals surface area (Å²) >= 11 is 17.4. The fourth-order valence-corrected chi connectivity index (χ4v) is 3.63. The van der Waals surface area contributed by atoms with Crippen LogP contribution in [0.15, 0.2) is 72.4 Å². The van der Waals surface area contributed by atoms with E-state index < -0.39 is 11.8 Å². The van der Waals surface area contributed by atoms with Crippen LogP contribution >= 0.6 is 35.4 Å². The number of rotatable bonds is 3. The number of amides is 2. The van der Waals surface area contributed by atoms with Gasteiger partial charge in [0.25, 0.3) is 11.8 Å². The molecule has 3 aromatic rings. The second kappa shape index (κ2) is 7.83. The van der Waals surface area contributed by atoms with Crippen LogP contribution in [0.2, 0.25) is 10.0 Å². The van der Waals surface area contributed by atoms with Crippen LogP contribution in [0.5, 0.6) is 0 Å². The van der Waals surface area contributed by atoms with Crippen molar-refractivity contribution in [2.24, 2.45) is 0 Å². The number of halogens is 2. The van der Waals surface area contributed by atoms with Crippen LogP contribution in [0.1, 0.15) is 5.69 Å². The van der Waals surface area contributed by atoms with Gasteiger partial charge in [-0.25, -0.2) is 0 Å². The second-order valence-corrected chi connectivity index (χ2v) is 7.42. The van der Waals surface area contributed by atoms with Gasteiger partial charge in [-0.1, -0.05) is 35.3 Å². The number of hydrogen-bond acceptors (Lipinski definition) is 3. The molecule has 8 heteroatoms. The maximum Gasteiger partial charge on any atom is 0.270 e. The Kier molecular flexibility index (Phi) is 5.24. The number of carbonyl (C=O) groups excluding carboxylic acids is 2. The number of thiocarbonyl (C=S) groups is 1. The Morgan fingerprint density at radius 3 is 2.38 bits per heavy atom. The van der Waals surface area contributed by atoms with E-state index in [9.17, 15) is 9.59 Å². The van der Waals surface area contributed by atoms with Crippen molar-refractivity contribution in [3.63, 3.8) is 0 Å². The van der Waals surface area contributed by atoms with Gasteiger partial charge in [-0.15, -0.1) is 0 Å². The summed E-state index contributed by atoms with van der Waals surface area (Å²) in [6.07, 6.45) is 3.36. The highest BCUT2D eigenvalue weighted by Gasteiger charge is 2.35. The van der Waals surface area contributed by atoms with Gasteiger partial charge in [-0.2, -0.15) is 0 Å². The number of para-hydroxylation sites is 1. The summed E-state index contributed by atoms with van der Waals surface area (Å²) in [5, 5.41) is 3.51. The minimum absolute atomic E-state index is 0.0154. The summed E-state index contributed by atoms with van der Waals surface area (Å²) < 4.78 is 1.84. The monoisotopic (exact) mass is 441 g/mol. The summed E-state index contributed by atoms with van der Waals surface area (Å²) in [6, 6.07) is 17.7. The average Bonchev–Trinajstić information content (AvgIpc) is 3.15. The summed E-state index contributed by atoms with van der Waals surface area (Å²) in [7, 11) is 0. The zero-order chi connectivity index (χ0) is 20.5. The number of nitrogens with one attached hydrogen (secondary N) is 1. The van der Waals surface area contributed by atoms with E-state index in [2.05, 4.69) is 5.32 Å². The third-order valence-corrected chi connectivity index (χ3v) is 5.23. The molecule has 0 aliphatic carbocycles. The summed E-state index contributed by atoms with van der Waals surface area (Å²) in [5.41, 5.74) is 1.85. The lowest BCUT2D eigenvalue weighted by atomic mass is 10.1. The SMILES string of the molecule is O=C1NC(=S)N(c2ccccc2Cl)C(=O)/C1=C/c1cccn1-c1ccc(Cl)cc1. The normalized spacial score (nSPS) is 15.7. The lowest BCUT2D eigenvalue weighted by Gasteiger charge is -2.29. The lowest BCUT2D eigenvalue weighted by Crippen LogP contribution is -2.54. The van der Waals surface area contributed by atoms with Gasteiger partial charge in [0, 0.05) is 22.6 Å². The van der Waals surface area contributed by atoms with Crippen LogP contribution in [0, 0.1) is 0 Å². The molecule has 1 N–H and O–H groups in total. The molecule has 144 valence electrons. The standard InChI is InChI=1S/C21H13Cl2N3O2S/c22-13-7-9-14(10-8-13)25-11-3-4-15(25)12-16-19(27)24-21(29)26(20(16)28)18-6-2-1-5-17(18)23/h1-12H,(H,24,27,29)/b16-12+. The number of aromatic nitrogens is 1. The third-order valence-electron chi connectivity index (χ3n) is 4.37. The molecule has 5 nitrogen and oxygen atoms in total. The Hall–Kier alpha value is -2.93. The first-order valence-corrected chi connectivity index (χ1v) is 9.71. The number of hydrogen-bond donors (Lipinski definition) is 1. The molecule has 0 unspecified atom stereocenters. The predicted molar refractivity (Wildman–Crippen MR) is 118 cm³/mol. The van der Waals surface area contributed by atoms with Crippen LogP contribution in [0.4, 0.5) is 5.69 Å². The summed E-state index contributed by atoms with van der Waals surface area (Å²) in [5.74, 6) is -1.11. The van der Waals surface area contributed by atoms with Crippen LogP contribution in [0.3, 0.4) is 0 Å². The number of carbonyl (C=O) groups is 2. The predicted octanol–water partition coefficient (Wildman–Crippen LogP) is 4.62. The largest absolute Gasteiger partial charge is 0.317 e. The highest BCUT2D eigenvalue weighted by molar-refractivity contribution is 7.80. The fraction of sp³-hybridized carbons (Fsp3) is 0. The highest BCUT2D eigenvalue weighted by Crippen LogP contribution is 2.29. The minimum Gasteiger partial charge on any atom is -0.317 e. The van der Waals surface area contributed by atoms with E-state index in [4.69, 9.17) is 35.4 Å². The maximum atomic E-state index is 13.1. The molecule has 1 aromatic heterocycles. The third kappa shape index (κ3) is 3.70. The Morgan fingerprint density at radius 2 is 1.66 bits per heavy atom. The number of benzene rings is 2. The molecule has 2 heterocycles. The van der Waals surface area contributed by atoms with Gasteiger partial charge < -0.3 is 4.57 Å². The van der Waals surface area contributed by atoms with E-state index in [1.165, 1.54) is 11.0 Å². The van der Waals surface area contributed by atoms with Gasteiger partial charge in [0.2, 0.25) is 0 Å². The average molecular weight is 442 g/mol. The van der Waals surface area contributed by atoms with Crippen LogP contribution < -0.4 is 10.2 Å². The van der Waals surface area contributed by atoms with Crippen molar-refractivity contribution in [2.75, 3.05) is 4.90 Å². The number of anilines is 1. The van der Waals surface area contributed by atoms with Gasteiger partial charge in [0.15, 0.2) is 5.11 Å². The van der Waals surface area contributed by atoms with Gasteiger partial charge in [-0.3, -0.25) is 19.8 Å². The lowest BCUT2D eigenvalue weighted by molar-refractivity contribution is -0.122. The van der Waals surface area contributed by atoms with Crippen LogP contribution in [-0.2, 0) is 9.59 Å². The molecule has 1 aliphatic heterocycles. The molecule has 1 saturated heterocycles. The van der Waals surface area contributed by atoms with E-state index in [-0.39, 0.29) is 10.7 Å². The maximum absolute atomic E-state index is 13.1. The van der Waals surface area contributed by atoms with Crippen molar-refractivity contribution in [1.82, 2.24) is 9.88 Å². The van der Waals surface area contributed by atoms with Gasteiger partial charge in [-0.05, 0) is 66.8 Å². The van der Waals surface area contributed by atoms with Crippen molar-refractivity contribution in [3.8, 4) is 5.69 Å². The minimum atomic E-state index is -0.563. The van der Waals surface area contributed by atoms with Crippen LogP contribution in [-0.4, -0.2) is 21.5 Å². The smallest absolute Gasteiger partial charge is 0.270 e. The zero-order valence-corrected chi connectivity index (χ0v) is 17.1. The molecule has 2 amide bonds. The van der Waals surface area contributed by atoms with E-state index in [0.717, 1.165) is 5.69 Å². The molecule has 0 saturated carbocycles. The Bertz CT molecular complexity index is 1170. The molecule has 1 aliphatic rings. The van der Waals surface area contributed by atoms with Crippen molar-refractivity contribution in [2.45, 2.75) is 0 Å². The van der Waals surface area contributed by atoms with Crippen LogP contribution in [0.25, 0.3) is 11.8 Å². The second-order valence-electron chi connectivity index (χ2n) is 6.19.